The van der Waals surface area contributed by atoms with Crippen LogP contribution in [0.3, 0.4) is 0 Å². The van der Waals surface area contributed by atoms with Crippen molar-refractivity contribution in [2.24, 2.45) is 0 Å². The lowest BCUT2D eigenvalue weighted by molar-refractivity contribution is 0.105. The van der Waals surface area contributed by atoms with Crippen LogP contribution in [0.5, 0.6) is 5.75 Å². The Hall–Kier alpha value is -4.12. The SMILES string of the molecule is COc1ccc2cc([C@H](C)CB3OC(c4ccc5ccccc5c4)(c4ccc5ccccc5c4)C4CCCN34)ccc2c1. The minimum atomic E-state index is -0.533. The molecule has 212 valence electrons. The van der Waals surface area contributed by atoms with Gasteiger partial charge in [-0.3, -0.25) is 0 Å². The van der Waals surface area contributed by atoms with Gasteiger partial charge in [0.25, 0.3) is 0 Å². The molecule has 2 saturated heterocycles. The first-order valence-corrected chi connectivity index (χ1v) is 15.6. The number of hydrogen-bond donors (Lipinski definition) is 0. The van der Waals surface area contributed by atoms with Gasteiger partial charge < -0.3 is 14.2 Å². The van der Waals surface area contributed by atoms with E-state index in [0.29, 0.717) is 5.92 Å². The molecular weight excluding hydrogens is 525 g/mol. The molecule has 2 heterocycles. The van der Waals surface area contributed by atoms with Crippen LogP contribution in [0.25, 0.3) is 32.3 Å². The molecule has 0 aromatic heterocycles. The van der Waals surface area contributed by atoms with E-state index >= 15 is 0 Å². The topological polar surface area (TPSA) is 21.7 Å². The standard InChI is InChI=1S/C39H36BNO2/c1-27(30-13-14-34-25-37(42-2)20-17-33(34)22-30)26-40-41-21-7-12-38(41)39(43-40,35-18-15-28-8-3-5-10-31(28)23-35)36-19-16-29-9-4-6-11-32(29)24-36/h3-6,8-11,13-20,22-25,27,38H,7,12,21,26H2,1-2H3/t27-,38?/m1/s1. The molecule has 2 fully saturated rings. The highest BCUT2D eigenvalue weighted by Crippen LogP contribution is 2.51. The molecule has 6 aromatic carbocycles. The van der Waals surface area contributed by atoms with Gasteiger partial charge in [-0.1, -0.05) is 104 Å². The van der Waals surface area contributed by atoms with Crippen molar-refractivity contribution < 1.29 is 9.39 Å². The monoisotopic (exact) mass is 561 g/mol. The summed E-state index contributed by atoms with van der Waals surface area (Å²) in [6, 6.07) is 44.8. The molecular formula is C39H36BNO2. The van der Waals surface area contributed by atoms with Crippen molar-refractivity contribution in [2.75, 3.05) is 13.7 Å². The largest absolute Gasteiger partial charge is 0.497 e. The Morgan fingerprint density at radius 1 is 0.744 bits per heavy atom. The maximum absolute atomic E-state index is 7.51. The fourth-order valence-corrected chi connectivity index (χ4v) is 7.76. The minimum Gasteiger partial charge on any atom is -0.497 e. The fraction of sp³-hybridized carbons (Fsp3) is 0.231. The summed E-state index contributed by atoms with van der Waals surface area (Å²) in [4.78, 5) is 2.67. The fourth-order valence-electron chi connectivity index (χ4n) is 7.76. The van der Waals surface area contributed by atoms with Crippen LogP contribution in [0, 0.1) is 0 Å². The van der Waals surface area contributed by atoms with Gasteiger partial charge in [0.05, 0.1) is 7.11 Å². The molecule has 0 saturated carbocycles. The highest BCUT2D eigenvalue weighted by Gasteiger charge is 2.58. The van der Waals surface area contributed by atoms with Crippen LogP contribution in [0.1, 0.15) is 42.4 Å². The van der Waals surface area contributed by atoms with Crippen molar-refractivity contribution in [1.82, 2.24) is 4.81 Å². The normalized spacial score (nSPS) is 18.8. The van der Waals surface area contributed by atoms with Crippen LogP contribution in [0.15, 0.2) is 121 Å². The zero-order valence-corrected chi connectivity index (χ0v) is 24.9. The molecule has 4 heteroatoms. The minimum absolute atomic E-state index is 0.0343. The molecule has 0 spiro atoms. The molecule has 0 amide bonds. The first kappa shape index (κ1) is 26.5. The summed E-state index contributed by atoms with van der Waals surface area (Å²) in [7, 11) is 1.76. The maximum atomic E-state index is 7.51. The second kappa shape index (κ2) is 10.6. The first-order chi connectivity index (χ1) is 21.1. The van der Waals surface area contributed by atoms with Crippen LogP contribution in [-0.2, 0) is 10.3 Å². The zero-order valence-electron chi connectivity index (χ0n) is 24.9. The van der Waals surface area contributed by atoms with E-state index in [1.807, 2.05) is 6.07 Å². The Morgan fingerprint density at radius 2 is 1.33 bits per heavy atom. The summed E-state index contributed by atoms with van der Waals surface area (Å²) < 4.78 is 13.0. The number of methoxy groups -OCH3 is 1. The summed E-state index contributed by atoms with van der Waals surface area (Å²) >= 11 is 0. The molecule has 0 N–H and O–H groups in total. The van der Waals surface area contributed by atoms with Crippen LogP contribution in [0.4, 0.5) is 0 Å². The van der Waals surface area contributed by atoms with Gasteiger partial charge in [0.1, 0.15) is 11.4 Å². The summed E-state index contributed by atoms with van der Waals surface area (Å²) in [6.45, 7) is 3.42. The van der Waals surface area contributed by atoms with E-state index in [0.717, 1.165) is 25.0 Å². The van der Waals surface area contributed by atoms with Crippen LogP contribution >= 0.6 is 0 Å². The van der Waals surface area contributed by atoms with Gasteiger partial charge in [0, 0.05) is 6.04 Å². The van der Waals surface area contributed by atoms with E-state index in [1.54, 1.807) is 7.11 Å². The van der Waals surface area contributed by atoms with Gasteiger partial charge in [-0.2, -0.15) is 0 Å². The predicted molar refractivity (Wildman–Crippen MR) is 179 cm³/mol. The van der Waals surface area contributed by atoms with Crippen LogP contribution < -0.4 is 4.74 Å². The Bertz CT molecular complexity index is 1890. The zero-order chi connectivity index (χ0) is 29.0. The summed E-state index contributed by atoms with van der Waals surface area (Å²) in [5.41, 5.74) is 3.34. The van der Waals surface area contributed by atoms with Crippen molar-refractivity contribution >= 4 is 39.4 Å². The molecule has 2 aliphatic heterocycles. The van der Waals surface area contributed by atoms with Gasteiger partial charge in [-0.25, -0.2) is 0 Å². The van der Waals surface area contributed by atoms with Gasteiger partial charge in [-0.15, -0.1) is 0 Å². The van der Waals surface area contributed by atoms with Gasteiger partial charge >= 0.3 is 7.05 Å². The van der Waals surface area contributed by atoms with Crippen molar-refractivity contribution in [1.29, 1.82) is 0 Å². The molecule has 6 aromatic rings. The third-order valence-electron chi connectivity index (χ3n) is 10.0. The molecule has 1 unspecified atom stereocenters. The second-order valence-corrected chi connectivity index (χ2v) is 12.4. The lowest BCUT2D eigenvalue weighted by Crippen LogP contribution is -2.41. The number of benzene rings is 6. The molecule has 3 nitrogen and oxygen atoms in total. The van der Waals surface area contributed by atoms with E-state index in [4.69, 9.17) is 9.39 Å². The number of fused-ring (bicyclic) bond motifs is 4. The highest BCUT2D eigenvalue weighted by molar-refractivity contribution is 6.50. The Labute approximate surface area is 254 Å². The average Bonchev–Trinajstić information content (AvgIpc) is 3.67. The number of ether oxygens (including phenoxy) is 1. The molecule has 0 bridgehead atoms. The van der Waals surface area contributed by atoms with Gasteiger partial charge in [0.15, 0.2) is 0 Å². The summed E-state index contributed by atoms with van der Waals surface area (Å²) in [5, 5.41) is 7.51. The van der Waals surface area contributed by atoms with Crippen molar-refractivity contribution in [2.45, 2.75) is 43.6 Å². The molecule has 8 rings (SSSR count). The average molecular weight is 562 g/mol. The summed E-state index contributed by atoms with van der Waals surface area (Å²) in [5.74, 6) is 1.24. The van der Waals surface area contributed by atoms with Crippen molar-refractivity contribution in [3.05, 3.63) is 138 Å². The Morgan fingerprint density at radius 3 is 2.00 bits per heavy atom. The quantitative estimate of drug-likeness (QED) is 0.189. The van der Waals surface area contributed by atoms with E-state index in [9.17, 15) is 0 Å². The molecule has 0 radical (unpaired) electrons. The summed E-state index contributed by atoms with van der Waals surface area (Å²) in [6.07, 6.45) is 3.27. The van der Waals surface area contributed by atoms with Crippen LogP contribution in [0.2, 0.25) is 6.32 Å². The first-order valence-electron chi connectivity index (χ1n) is 15.6. The number of hydrogen-bond acceptors (Lipinski definition) is 3. The van der Waals surface area contributed by atoms with E-state index in [-0.39, 0.29) is 13.1 Å². The van der Waals surface area contributed by atoms with Gasteiger partial charge in [-0.05, 0) is 105 Å². The Balaban J connectivity index is 1.21. The smallest absolute Gasteiger partial charge is 0.384 e. The third-order valence-corrected chi connectivity index (χ3v) is 10.0. The lowest BCUT2D eigenvalue weighted by Gasteiger charge is -2.36. The van der Waals surface area contributed by atoms with E-state index < -0.39 is 5.60 Å². The van der Waals surface area contributed by atoms with Crippen molar-refractivity contribution in [3.63, 3.8) is 0 Å². The lowest BCUT2D eigenvalue weighted by atomic mass is 9.70. The van der Waals surface area contributed by atoms with E-state index in [1.165, 1.54) is 55.4 Å². The molecule has 2 aliphatic rings. The number of nitrogens with zero attached hydrogens (tertiary/aromatic N) is 1. The molecule has 2 atom stereocenters. The van der Waals surface area contributed by atoms with Gasteiger partial charge in [0.2, 0.25) is 0 Å². The third kappa shape index (κ3) is 4.43. The number of rotatable bonds is 6. The van der Waals surface area contributed by atoms with Crippen molar-refractivity contribution in [3.8, 4) is 5.75 Å². The maximum Gasteiger partial charge on any atom is 0.384 e. The Kier molecular flexibility index (Phi) is 6.51. The molecule has 0 aliphatic carbocycles. The predicted octanol–water partition coefficient (Wildman–Crippen LogP) is 9.18. The second-order valence-electron chi connectivity index (χ2n) is 12.4. The highest BCUT2D eigenvalue weighted by atomic mass is 16.5. The molecule has 43 heavy (non-hydrogen) atoms. The van der Waals surface area contributed by atoms with E-state index in [2.05, 4.69) is 127 Å². The van der Waals surface area contributed by atoms with Crippen LogP contribution in [-0.4, -0.2) is 31.6 Å².